The molecule has 0 aromatic heterocycles. The molecule has 136 valence electrons. The topological polar surface area (TPSA) is 93.7 Å². The SMILES string of the molecule is CNC(=O)NC(=O)[C@@H](C)OC(=O)/C=C/c1ccc(OC(F)(F)F)cc1. The number of hydrogen-bond acceptors (Lipinski definition) is 5. The molecule has 0 aliphatic heterocycles. The van der Waals surface area contributed by atoms with Crippen molar-refractivity contribution in [2.45, 2.75) is 19.4 Å². The summed E-state index contributed by atoms with van der Waals surface area (Å²) in [7, 11) is 1.31. The van der Waals surface area contributed by atoms with Crippen LogP contribution in [0.25, 0.3) is 6.08 Å². The zero-order valence-electron chi connectivity index (χ0n) is 13.2. The Kier molecular flexibility index (Phi) is 6.97. The normalized spacial score (nSPS) is 12.4. The van der Waals surface area contributed by atoms with Crippen LogP contribution in [0.1, 0.15) is 12.5 Å². The third-order valence-corrected chi connectivity index (χ3v) is 2.65. The van der Waals surface area contributed by atoms with Crippen molar-refractivity contribution < 1.29 is 37.0 Å². The average molecular weight is 360 g/mol. The molecule has 7 nitrogen and oxygen atoms in total. The van der Waals surface area contributed by atoms with Crippen LogP contribution in [0, 0.1) is 0 Å². The van der Waals surface area contributed by atoms with E-state index in [2.05, 4.69) is 10.1 Å². The van der Waals surface area contributed by atoms with Gasteiger partial charge < -0.3 is 14.8 Å². The van der Waals surface area contributed by atoms with Crippen LogP contribution in [0.5, 0.6) is 5.75 Å². The van der Waals surface area contributed by atoms with Gasteiger partial charge in [-0.15, -0.1) is 13.2 Å². The van der Waals surface area contributed by atoms with Crippen LogP contribution >= 0.6 is 0 Å². The summed E-state index contributed by atoms with van der Waals surface area (Å²) < 4.78 is 44.6. The molecular weight excluding hydrogens is 345 g/mol. The summed E-state index contributed by atoms with van der Waals surface area (Å²) >= 11 is 0. The lowest BCUT2D eigenvalue weighted by molar-refractivity contribution is -0.274. The van der Waals surface area contributed by atoms with E-state index < -0.39 is 36.1 Å². The highest BCUT2D eigenvalue weighted by Gasteiger charge is 2.30. The van der Waals surface area contributed by atoms with Crippen LogP contribution in [-0.2, 0) is 14.3 Å². The van der Waals surface area contributed by atoms with Gasteiger partial charge in [0.15, 0.2) is 6.10 Å². The van der Waals surface area contributed by atoms with E-state index in [4.69, 9.17) is 4.74 Å². The number of amides is 3. The van der Waals surface area contributed by atoms with E-state index in [9.17, 15) is 27.6 Å². The number of hydrogen-bond donors (Lipinski definition) is 2. The summed E-state index contributed by atoms with van der Waals surface area (Å²) in [4.78, 5) is 34.0. The lowest BCUT2D eigenvalue weighted by atomic mass is 10.2. The van der Waals surface area contributed by atoms with Crippen molar-refractivity contribution in [3.63, 3.8) is 0 Å². The van der Waals surface area contributed by atoms with Gasteiger partial charge in [0.25, 0.3) is 5.91 Å². The number of ether oxygens (including phenoxy) is 2. The molecule has 0 saturated heterocycles. The molecule has 0 radical (unpaired) electrons. The minimum atomic E-state index is -4.79. The number of esters is 1. The maximum atomic E-state index is 12.0. The van der Waals surface area contributed by atoms with Gasteiger partial charge in [0.05, 0.1) is 0 Å². The lowest BCUT2D eigenvalue weighted by Gasteiger charge is -2.11. The molecular formula is C15H15F3N2O5. The lowest BCUT2D eigenvalue weighted by Crippen LogP contribution is -2.43. The van der Waals surface area contributed by atoms with Gasteiger partial charge in [-0.2, -0.15) is 0 Å². The van der Waals surface area contributed by atoms with Crippen molar-refractivity contribution in [1.82, 2.24) is 10.6 Å². The van der Waals surface area contributed by atoms with Crippen LogP contribution in [-0.4, -0.2) is 37.4 Å². The number of carbonyl (C=O) groups is 3. The van der Waals surface area contributed by atoms with Gasteiger partial charge in [-0.1, -0.05) is 12.1 Å². The molecule has 0 heterocycles. The van der Waals surface area contributed by atoms with Crippen molar-refractivity contribution in [2.75, 3.05) is 7.05 Å². The molecule has 3 amide bonds. The van der Waals surface area contributed by atoms with Crippen molar-refractivity contribution in [3.8, 4) is 5.75 Å². The molecule has 1 aromatic rings. The van der Waals surface area contributed by atoms with Gasteiger partial charge in [0.1, 0.15) is 5.75 Å². The number of urea groups is 1. The zero-order chi connectivity index (χ0) is 19.0. The average Bonchev–Trinajstić information content (AvgIpc) is 2.52. The molecule has 25 heavy (non-hydrogen) atoms. The molecule has 0 spiro atoms. The fourth-order valence-corrected chi connectivity index (χ4v) is 1.49. The van der Waals surface area contributed by atoms with Crippen molar-refractivity contribution in [1.29, 1.82) is 0 Å². The Bertz CT molecular complexity index is 656. The van der Waals surface area contributed by atoms with E-state index in [1.165, 1.54) is 32.2 Å². The Morgan fingerprint density at radius 3 is 2.28 bits per heavy atom. The quantitative estimate of drug-likeness (QED) is 0.619. The van der Waals surface area contributed by atoms with Crippen molar-refractivity contribution in [3.05, 3.63) is 35.9 Å². The second-order valence-corrected chi connectivity index (χ2v) is 4.60. The molecule has 10 heteroatoms. The molecule has 1 rings (SSSR count). The molecule has 0 aliphatic rings. The second kappa shape index (κ2) is 8.71. The van der Waals surface area contributed by atoms with Gasteiger partial charge in [-0.25, -0.2) is 9.59 Å². The summed E-state index contributed by atoms with van der Waals surface area (Å²) in [5.41, 5.74) is 0.411. The minimum Gasteiger partial charge on any atom is -0.449 e. The van der Waals surface area contributed by atoms with E-state index in [0.717, 1.165) is 18.2 Å². The number of carbonyl (C=O) groups excluding carboxylic acids is 3. The monoisotopic (exact) mass is 360 g/mol. The highest BCUT2D eigenvalue weighted by Crippen LogP contribution is 2.22. The van der Waals surface area contributed by atoms with Gasteiger partial charge in [-0.3, -0.25) is 10.1 Å². The molecule has 0 bridgehead atoms. The number of benzene rings is 1. The van der Waals surface area contributed by atoms with Crippen LogP contribution < -0.4 is 15.4 Å². The first-order valence-corrected chi connectivity index (χ1v) is 6.88. The smallest absolute Gasteiger partial charge is 0.449 e. The largest absolute Gasteiger partial charge is 0.573 e. The Labute approximate surface area is 140 Å². The maximum absolute atomic E-state index is 12.0. The summed E-state index contributed by atoms with van der Waals surface area (Å²) in [5, 5.41) is 4.10. The third kappa shape index (κ3) is 7.86. The minimum absolute atomic E-state index is 0.397. The van der Waals surface area contributed by atoms with E-state index in [-0.39, 0.29) is 0 Å². The van der Waals surface area contributed by atoms with Gasteiger partial charge >= 0.3 is 18.4 Å². The Balaban J connectivity index is 2.56. The van der Waals surface area contributed by atoms with E-state index in [1.54, 1.807) is 0 Å². The van der Waals surface area contributed by atoms with E-state index >= 15 is 0 Å². The zero-order valence-corrected chi connectivity index (χ0v) is 13.2. The number of rotatable bonds is 5. The van der Waals surface area contributed by atoms with Crippen LogP contribution in [0.3, 0.4) is 0 Å². The van der Waals surface area contributed by atoms with Crippen molar-refractivity contribution >= 4 is 24.0 Å². The predicted molar refractivity (Wildman–Crippen MR) is 80.3 cm³/mol. The molecule has 2 N–H and O–H groups in total. The van der Waals surface area contributed by atoms with Gasteiger partial charge in [0.2, 0.25) is 0 Å². The van der Waals surface area contributed by atoms with Crippen molar-refractivity contribution in [2.24, 2.45) is 0 Å². The van der Waals surface area contributed by atoms with Crippen LogP contribution in [0.15, 0.2) is 30.3 Å². The Hall–Kier alpha value is -3.04. The molecule has 1 aromatic carbocycles. The Morgan fingerprint density at radius 2 is 1.76 bits per heavy atom. The fourth-order valence-electron chi connectivity index (χ4n) is 1.49. The first kappa shape index (κ1) is 20.0. The van der Waals surface area contributed by atoms with E-state index in [1.807, 2.05) is 5.32 Å². The summed E-state index contributed by atoms with van der Waals surface area (Å²) in [6.07, 6.45) is -3.73. The fraction of sp³-hybridized carbons (Fsp3) is 0.267. The molecule has 1 atom stereocenters. The highest BCUT2D eigenvalue weighted by molar-refractivity contribution is 5.97. The molecule has 0 saturated carbocycles. The first-order chi connectivity index (χ1) is 11.6. The molecule has 0 fully saturated rings. The summed E-state index contributed by atoms with van der Waals surface area (Å²) in [6.45, 7) is 1.27. The Morgan fingerprint density at radius 1 is 1.16 bits per heavy atom. The van der Waals surface area contributed by atoms with Crippen LogP contribution in [0.4, 0.5) is 18.0 Å². The first-order valence-electron chi connectivity index (χ1n) is 6.88. The number of imide groups is 1. The van der Waals surface area contributed by atoms with Gasteiger partial charge in [-0.05, 0) is 30.7 Å². The van der Waals surface area contributed by atoms with Crippen LogP contribution in [0.2, 0.25) is 0 Å². The third-order valence-electron chi connectivity index (χ3n) is 2.65. The predicted octanol–water partition coefficient (Wildman–Crippen LogP) is 1.99. The highest BCUT2D eigenvalue weighted by atomic mass is 19.4. The van der Waals surface area contributed by atoms with Gasteiger partial charge in [0, 0.05) is 13.1 Å². The molecule has 0 aliphatic carbocycles. The van der Waals surface area contributed by atoms with E-state index in [0.29, 0.717) is 5.56 Å². The second-order valence-electron chi connectivity index (χ2n) is 4.60. The summed E-state index contributed by atoms with van der Waals surface area (Å²) in [5.74, 6) is -2.07. The summed E-state index contributed by atoms with van der Waals surface area (Å²) in [6, 6.07) is 4.01. The standard InChI is InChI=1S/C15H15F3N2O5/c1-9(13(22)20-14(23)19-2)24-12(21)8-5-10-3-6-11(7-4-10)25-15(16,17)18/h3-9H,1-2H3,(H2,19,20,22,23)/b8-5+/t9-/m1/s1. The molecule has 0 unspecified atom stereocenters. The number of alkyl halides is 3. The number of halogens is 3. The maximum Gasteiger partial charge on any atom is 0.573 e. The number of nitrogens with one attached hydrogen (secondary N) is 2.